The van der Waals surface area contributed by atoms with E-state index in [1.165, 1.54) is 38.5 Å². The third-order valence-electron chi connectivity index (χ3n) is 3.10. The molecule has 0 radical (unpaired) electrons. The van der Waals surface area contributed by atoms with Crippen LogP contribution in [0.3, 0.4) is 0 Å². The zero-order valence-electron chi connectivity index (χ0n) is 6.55. The second-order valence-corrected chi connectivity index (χ2v) is 3.95. The Morgan fingerprint density at radius 3 is 2.20 bits per heavy atom. The maximum atomic E-state index is 6.02. The van der Waals surface area contributed by atoms with E-state index in [0.29, 0.717) is 6.04 Å². The first-order chi connectivity index (χ1) is 4.88. The fourth-order valence-corrected chi connectivity index (χ4v) is 2.30. The molecule has 0 saturated heterocycles. The van der Waals surface area contributed by atoms with Crippen molar-refractivity contribution in [3.8, 4) is 0 Å². The van der Waals surface area contributed by atoms with Gasteiger partial charge in [-0.25, -0.2) is 0 Å². The molecule has 0 amide bonds. The molecule has 2 fully saturated rings. The molecule has 58 valence electrons. The Morgan fingerprint density at radius 2 is 1.60 bits per heavy atom. The van der Waals surface area contributed by atoms with E-state index in [4.69, 9.17) is 5.73 Å². The van der Waals surface area contributed by atoms with E-state index in [1.54, 1.807) is 0 Å². The van der Waals surface area contributed by atoms with Crippen molar-refractivity contribution in [2.75, 3.05) is 0 Å². The van der Waals surface area contributed by atoms with Crippen molar-refractivity contribution in [2.45, 2.75) is 44.6 Å². The van der Waals surface area contributed by atoms with Gasteiger partial charge in [-0.1, -0.05) is 12.8 Å². The fraction of sp³-hybridized carbons (Fsp3) is 1.00. The minimum Gasteiger partial charge on any atom is -0.327 e. The zero-order chi connectivity index (χ0) is 6.97. The van der Waals surface area contributed by atoms with Crippen molar-refractivity contribution in [1.29, 1.82) is 0 Å². The lowest BCUT2D eigenvalue weighted by molar-refractivity contribution is 0.277. The molecule has 0 aliphatic heterocycles. The molecule has 1 heteroatoms. The molecule has 2 aliphatic rings. The first-order valence-corrected chi connectivity index (χ1v) is 4.63. The molecule has 2 rings (SSSR count). The summed E-state index contributed by atoms with van der Waals surface area (Å²) in [6.45, 7) is 0. The summed E-state index contributed by atoms with van der Waals surface area (Å²) in [5.74, 6) is 1.95. The summed E-state index contributed by atoms with van der Waals surface area (Å²) in [4.78, 5) is 0. The van der Waals surface area contributed by atoms with Gasteiger partial charge in [0.25, 0.3) is 0 Å². The van der Waals surface area contributed by atoms with Crippen LogP contribution in [-0.2, 0) is 0 Å². The highest BCUT2D eigenvalue weighted by Gasteiger charge is 2.35. The maximum Gasteiger partial charge on any atom is 0.00698 e. The first-order valence-electron chi connectivity index (χ1n) is 4.63. The van der Waals surface area contributed by atoms with Crippen molar-refractivity contribution in [2.24, 2.45) is 17.6 Å². The highest BCUT2D eigenvalue weighted by atomic mass is 14.7. The van der Waals surface area contributed by atoms with Crippen molar-refractivity contribution in [3.05, 3.63) is 0 Å². The Hall–Kier alpha value is -0.0400. The van der Waals surface area contributed by atoms with Crippen LogP contribution in [-0.4, -0.2) is 6.04 Å². The lowest BCUT2D eigenvalue weighted by Crippen LogP contribution is -2.34. The van der Waals surface area contributed by atoms with Gasteiger partial charge in [0.1, 0.15) is 0 Å². The van der Waals surface area contributed by atoms with Gasteiger partial charge in [0, 0.05) is 6.04 Å². The normalized spacial score (nSPS) is 41.7. The van der Waals surface area contributed by atoms with Crippen LogP contribution in [0.2, 0.25) is 0 Å². The predicted molar refractivity (Wildman–Crippen MR) is 42.7 cm³/mol. The van der Waals surface area contributed by atoms with Crippen LogP contribution < -0.4 is 5.73 Å². The minimum atomic E-state index is 0.557. The Bertz CT molecular complexity index is 118. The molecular formula is C9H17N. The lowest BCUT2D eigenvalue weighted by Gasteiger charge is -2.28. The van der Waals surface area contributed by atoms with Crippen molar-refractivity contribution in [3.63, 3.8) is 0 Å². The molecule has 10 heavy (non-hydrogen) atoms. The van der Waals surface area contributed by atoms with Gasteiger partial charge in [-0.05, 0) is 37.5 Å². The zero-order valence-corrected chi connectivity index (χ0v) is 6.55. The number of rotatable bonds is 1. The van der Waals surface area contributed by atoms with E-state index < -0.39 is 0 Å². The molecule has 0 aromatic carbocycles. The molecule has 0 aromatic heterocycles. The molecule has 1 nitrogen and oxygen atoms in total. The number of nitrogens with two attached hydrogens (primary N) is 1. The molecule has 0 heterocycles. The predicted octanol–water partition coefficient (Wildman–Crippen LogP) is 1.91. The van der Waals surface area contributed by atoms with E-state index in [9.17, 15) is 0 Å². The van der Waals surface area contributed by atoms with Gasteiger partial charge >= 0.3 is 0 Å². The molecule has 2 atom stereocenters. The largest absolute Gasteiger partial charge is 0.327 e. The molecule has 1 unspecified atom stereocenters. The van der Waals surface area contributed by atoms with Crippen LogP contribution in [0.5, 0.6) is 0 Å². The number of hydrogen-bond donors (Lipinski definition) is 1. The highest BCUT2D eigenvalue weighted by Crippen LogP contribution is 2.43. The summed E-state index contributed by atoms with van der Waals surface area (Å²) in [5, 5.41) is 0. The quantitative estimate of drug-likeness (QED) is 0.590. The van der Waals surface area contributed by atoms with Crippen LogP contribution in [0.4, 0.5) is 0 Å². The van der Waals surface area contributed by atoms with Crippen LogP contribution >= 0.6 is 0 Å². The molecule has 2 N–H and O–H groups in total. The van der Waals surface area contributed by atoms with Crippen LogP contribution in [0.25, 0.3) is 0 Å². The SMILES string of the molecule is N[C@@H]1CCCCC1C1CC1. The Kier molecular flexibility index (Phi) is 1.69. The summed E-state index contributed by atoms with van der Waals surface area (Å²) in [7, 11) is 0. The van der Waals surface area contributed by atoms with Crippen molar-refractivity contribution in [1.82, 2.24) is 0 Å². The summed E-state index contributed by atoms with van der Waals surface area (Å²) < 4.78 is 0. The topological polar surface area (TPSA) is 26.0 Å². The lowest BCUT2D eigenvalue weighted by atomic mass is 9.82. The molecule has 2 saturated carbocycles. The highest BCUT2D eigenvalue weighted by molar-refractivity contribution is 4.89. The molecule has 2 aliphatic carbocycles. The fourth-order valence-electron chi connectivity index (χ4n) is 2.30. The molecule has 0 bridgehead atoms. The summed E-state index contributed by atoms with van der Waals surface area (Å²) in [6, 6.07) is 0.557. The monoisotopic (exact) mass is 139 g/mol. The summed E-state index contributed by atoms with van der Waals surface area (Å²) in [5.41, 5.74) is 6.02. The first kappa shape index (κ1) is 6.66. The van der Waals surface area contributed by atoms with Crippen molar-refractivity contribution < 1.29 is 0 Å². The Morgan fingerprint density at radius 1 is 0.900 bits per heavy atom. The maximum absolute atomic E-state index is 6.02. The van der Waals surface area contributed by atoms with E-state index in [-0.39, 0.29) is 0 Å². The van der Waals surface area contributed by atoms with E-state index in [1.807, 2.05) is 0 Å². The van der Waals surface area contributed by atoms with Crippen LogP contribution in [0.15, 0.2) is 0 Å². The third kappa shape index (κ3) is 1.20. The van der Waals surface area contributed by atoms with Crippen LogP contribution in [0, 0.1) is 11.8 Å². The minimum absolute atomic E-state index is 0.557. The van der Waals surface area contributed by atoms with Gasteiger partial charge in [-0.3, -0.25) is 0 Å². The van der Waals surface area contributed by atoms with Gasteiger partial charge in [-0.15, -0.1) is 0 Å². The second kappa shape index (κ2) is 2.54. The van der Waals surface area contributed by atoms with Gasteiger partial charge in [-0.2, -0.15) is 0 Å². The van der Waals surface area contributed by atoms with E-state index >= 15 is 0 Å². The average Bonchev–Trinajstić information content (AvgIpc) is 2.71. The smallest absolute Gasteiger partial charge is 0.00698 e. The third-order valence-corrected chi connectivity index (χ3v) is 3.10. The second-order valence-electron chi connectivity index (χ2n) is 3.95. The van der Waals surface area contributed by atoms with E-state index in [2.05, 4.69) is 0 Å². The molecular weight excluding hydrogens is 122 g/mol. The average molecular weight is 139 g/mol. The summed E-state index contributed by atoms with van der Waals surface area (Å²) in [6.07, 6.45) is 8.48. The van der Waals surface area contributed by atoms with Gasteiger partial charge < -0.3 is 5.73 Å². The van der Waals surface area contributed by atoms with Gasteiger partial charge in [0.05, 0.1) is 0 Å². The van der Waals surface area contributed by atoms with Gasteiger partial charge in [0.15, 0.2) is 0 Å². The van der Waals surface area contributed by atoms with E-state index in [0.717, 1.165) is 11.8 Å². The standard InChI is InChI=1S/C9H17N/c10-9-4-2-1-3-8(9)7-5-6-7/h7-9H,1-6,10H2/t8?,9-/m1/s1. The molecule has 0 spiro atoms. The Balaban J connectivity index is 1.90. The van der Waals surface area contributed by atoms with Crippen LogP contribution in [0.1, 0.15) is 38.5 Å². The van der Waals surface area contributed by atoms with Gasteiger partial charge in [0.2, 0.25) is 0 Å². The Labute approximate surface area is 63.0 Å². The van der Waals surface area contributed by atoms with Crippen molar-refractivity contribution >= 4 is 0 Å². The summed E-state index contributed by atoms with van der Waals surface area (Å²) >= 11 is 0. The molecule has 0 aromatic rings. The number of hydrogen-bond acceptors (Lipinski definition) is 1.